The van der Waals surface area contributed by atoms with E-state index in [4.69, 9.17) is 4.42 Å². The molecule has 158 valence electrons. The number of hydrogen-bond acceptors (Lipinski definition) is 4. The molecule has 0 amide bonds. The number of halogens is 1. The van der Waals surface area contributed by atoms with Crippen LogP contribution in [0.25, 0.3) is 22.3 Å². The Balaban J connectivity index is 1.79. The first-order valence-corrected chi connectivity index (χ1v) is 11.8. The zero-order chi connectivity index (χ0) is 22.0. The highest BCUT2D eigenvalue weighted by atomic mass is 32.2. The molecule has 0 fully saturated rings. The molecule has 0 aliphatic carbocycles. The molecule has 3 aromatic carbocycles. The first kappa shape index (κ1) is 21.0. The molecule has 31 heavy (non-hydrogen) atoms. The fourth-order valence-corrected chi connectivity index (χ4v) is 4.23. The number of hydrogen-bond donors (Lipinski definition) is 0. The molecule has 0 bridgehead atoms. The summed E-state index contributed by atoms with van der Waals surface area (Å²) in [5, 5.41) is 0. The van der Waals surface area contributed by atoms with E-state index in [1.165, 1.54) is 18.4 Å². The van der Waals surface area contributed by atoms with Gasteiger partial charge in [0.25, 0.3) is 0 Å². The van der Waals surface area contributed by atoms with Crippen molar-refractivity contribution in [3.8, 4) is 22.3 Å². The van der Waals surface area contributed by atoms with Gasteiger partial charge in [-0.1, -0.05) is 49.4 Å². The number of rotatable bonds is 6. The van der Waals surface area contributed by atoms with E-state index in [1.54, 1.807) is 48.9 Å². The van der Waals surface area contributed by atoms with Gasteiger partial charge in [-0.25, -0.2) is 17.8 Å². The summed E-state index contributed by atoms with van der Waals surface area (Å²) in [6.07, 6.45) is 5.05. The van der Waals surface area contributed by atoms with Crippen LogP contribution in [0.2, 0.25) is 0 Å². The molecule has 4 nitrogen and oxygen atoms in total. The lowest BCUT2D eigenvalue weighted by Crippen LogP contribution is -2.00. The van der Waals surface area contributed by atoms with Crippen LogP contribution < -0.4 is 0 Å². The molecule has 4 aromatic rings. The lowest BCUT2D eigenvalue weighted by Gasteiger charge is -2.16. The highest BCUT2D eigenvalue weighted by Crippen LogP contribution is 2.35. The SMILES string of the molecule is CC(Cc1ncco1)c1ccc(-c2ccc(F)cc2)c(-c2ccc(S(C)(=O)=O)cc2)c1. The van der Waals surface area contributed by atoms with Crippen molar-refractivity contribution >= 4 is 9.84 Å². The molecule has 0 N–H and O–H groups in total. The number of sulfone groups is 1. The Morgan fingerprint density at radius 1 is 0.935 bits per heavy atom. The minimum absolute atomic E-state index is 0.162. The summed E-state index contributed by atoms with van der Waals surface area (Å²) in [6, 6.07) is 19.4. The quantitative estimate of drug-likeness (QED) is 0.378. The van der Waals surface area contributed by atoms with Crippen LogP contribution in [0.5, 0.6) is 0 Å². The zero-order valence-corrected chi connectivity index (χ0v) is 18.1. The molecule has 6 heteroatoms. The molecule has 1 heterocycles. The smallest absolute Gasteiger partial charge is 0.194 e. The van der Waals surface area contributed by atoms with Gasteiger partial charge in [0, 0.05) is 12.7 Å². The molecule has 1 aromatic heterocycles. The first-order chi connectivity index (χ1) is 14.8. The average molecular weight is 436 g/mol. The summed E-state index contributed by atoms with van der Waals surface area (Å²) in [4.78, 5) is 4.48. The minimum Gasteiger partial charge on any atom is -0.449 e. The lowest BCUT2D eigenvalue weighted by atomic mass is 9.88. The van der Waals surface area contributed by atoms with E-state index < -0.39 is 9.84 Å². The molecular weight excluding hydrogens is 413 g/mol. The zero-order valence-electron chi connectivity index (χ0n) is 17.2. The Hall–Kier alpha value is -3.25. The summed E-state index contributed by atoms with van der Waals surface area (Å²) in [5.74, 6) is 0.545. The maximum atomic E-state index is 13.5. The van der Waals surface area contributed by atoms with Crippen LogP contribution in [0.15, 0.2) is 88.5 Å². The summed E-state index contributed by atoms with van der Waals surface area (Å²) >= 11 is 0. The van der Waals surface area contributed by atoms with Gasteiger partial charge in [0.2, 0.25) is 0 Å². The summed E-state index contributed by atoms with van der Waals surface area (Å²) in [6.45, 7) is 2.10. The summed E-state index contributed by atoms with van der Waals surface area (Å²) in [7, 11) is -3.28. The van der Waals surface area contributed by atoms with Crippen LogP contribution in [0.3, 0.4) is 0 Å². The van der Waals surface area contributed by atoms with Gasteiger partial charge < -0.3 is 4.42 Å². The molecule has 0 saturated heterocycles. The Labute approximate surface area is 181 Å². The first-order valence-electron chi connectivity index (χ1n) is 9.90. The van der Waals surface area contributed by atoms with Crippen molar-refractivity contribution in [3.63, 3.8) is 0 Å². The molecule has 0 saturated carbocycles. The summed E-state index contributed by atoms with van der Waals surface area (Å²) in [5.41, 5.74) is 4.77. The number of benzene rings is 3. The van der Waals surface area contributed by atoms with E-state index in [9.17, 15) is 12.8 Å². The molecular formula is C25H22FNO3S. The third kappa shape index (κ3) is 4.75. The third-order valence-electron chi connectivity index (χ3n) is 5.33. The number of nitrogens with zero attached hydrogens (tertiary/aromatic N) is 1. The van der Waals surface area contributed by atoms with Crippen molar-refractivity contribution in [1.82, 2.24) is 4.98 Å². The van der Waals surface area contributed by atoms with Gasteiger partial charge in [0.15, 0.2) is 15.7 Å². The number of aromatic nitrogens is 1. The van der Waals surface area contributed by atoms with Gasteiger partial charge in [-0.05, 0) is 58.0 Å². The van der Waals surface area contributed by atoms with Crippen LogP contribution in [0.1, 0.15) is 24.3 Å². The van der Waals surface area contributed by atoms with Crippen molar-refractivity contribution in [2.45, 2.75) is 24.2 Å². The van der Waals surface area contributed by atoms with E-state index in [0.717, 1.165) is 27.8 Å². The topological polar surface area (TPSA) is 60.2 Å². The molecule has 0 aliphatic rings. The highest BCUT2D eigenvalue weighted by Gasteiger charge is 2.15. The van der Waals surface area contributed by atoms with Crippen LogP contribution >= 0.6 is 0 Å². The second kappa shape index (κ2) is 8.47. The van der Waals surface area contributed by atoms with E-state index in [0.29, 0.717) is 12.3 Å². The maximum absolute atomic E-state index is 13.5. The largest absolute Gasteiger partial charge is 0.449 e. The van der Waals surface area contributed by atoms with Crippen LogP contribution in [0.4, 0.5) is 4.39 Å². The second-order valence-corrected chi connectivity index (χ2v) is 9.66. The molecule has 0 spiro atoms. The minimum atomic E-state index is -3.28. The molecule has 1 unspecified atom stereocenters. The van der Waals surface area contributed by atoms with Crippen molar-refractivity contribution in [2.75, 3.05) is 6.26 Å². The van der Waals surface area contributed by atoms with Crippen molar-refractivity contribution in [2.24, 2.45) is 0 Å². The van der Waals surface area contributed by atoms with E-state index in [1.807, 2.05) is 6.07 Å². The van der Waals surface area contributed by atoms with E-state index >= 15 is 0 Å². The Morgan fingerprint density at radius 2 is 1.58 bits per heavy atom. The van der Waals surface area contributed by atoms with E-state index in [2.05, 4.69) is 24.0 Å². The predicted molar refractivity (Wildman–Crippen MR) is 119 cm³/mol. The van der Waals surface area contributed by atoms with Crippen molar-refractivity contribution < 1.29 is 17.2 Å². The normalized spacial score (nSPS) is 12.6. The molecule has 1 atom stereocenters. The predicted octanol–water partition coefficient (Wildman–Crippen LogP) is 5.90. The van der Waals surface area contributed by atoms with Crippen molar-refractivity contribution in [3.05, 3.63) is 96.5 Å². The fraction of sp³-hybridized carbons (Fsp3) is 0.160. The highest BCUT2D eigenvalue weighted by molar-refractivity contribution is 7.90. The van der Waals surface area contributed by atoms with Gasteiger partial charge >= 0.3 is 0 Å². The molecule has 0 aliphatic heterocycles. The van der Waals surface area contributed by atoms with Crippen LogP contribution in [0, 0.1) is 5.82 Å². The fourth-order valence-electron chi connectivity index (χ4n) is 3.60. The van der Waals surface area contributed by atoms with Gasteiger partial charge in [-0.2, -0.15) is 0 Å². The Kier molecular flexibility index (Phi) is 5.74. The van der Waals surface area contributed by atoms with Crippen LogP contribution in [-0.2, 0) is 16.3 Å². The lowest BCUT2D eigenvalue weighted by molar-refractivity contribution is 0.478. The van der Waals surface area contributed by atoms with Crippen molar-refractivity contribution in [1.29, 1.82) is 0 Å². The van der Waals surface area contributed by atoms with Gasteiger partial charge in [-0.3, -0.25) is 0 Å². The summed E-state index contributed by atoms with van der Waals surface area (Å²) < 4.78 is 42.5. The number of oxazole rings is 1. The second-order valence-electron chi connectivity index (χ2n) is 7.64. The maximum Gasteiger partial charge on any atom is 0.194 e. The molecule has 4 rings (SSSR count). The van der Waals surface area contributed by atoms with Gasteiger partial charge in [0.1, 0.15) is 12.1 Å². The monoisotopic (exact) mass is 435 g/mol. The standard InChI is InChI=1S/C25H22FNO3S/c1-17(15-25-27-13-14-30-25)20-7-12-23(18-3-8-21(26)9-4-18)24(16-20)19-5-10-22(11-6-19)31(2,28)29/h3-14,16-17H,15H2,1-2H3. The Bertz CT molecular complexity index is 1280. The Morgan fingerprint density at radius 3 is 2.19 bits per heavy atom. The van der Waals surface area contributed by atoms with Gasteiger partial charge in [-0.15, -0.1) is 0 Å². The average Bonchev–Trinajstić information content (AvgIpc) is 3.26. The third-order valence-corrected chi connectivity index (χ3v) is 6.45. The van der Waals surface area contributed by atoms with Gasteiger partial charge in [0.05, 0.1) is 11.1 Å². The molecule has 0 radical (unpaired) electrons. The van der Waals surface area contributed by atoms with E-state index in [-0.39, 0.29) is 16.6 Å². The van der Waals surface area contributed by atoms with Crippen LogP contribution in [-0.4, -0.2) is 19.7 Å².